The maximum Gasteiger partial charge on any atom is 0.407 e. The van der Waals surface area contributed by atoms with E-state index >= 15 is 0 Å². The molecule has 0 aliphatic heterocycles. The fourth-order valence-corrected chi connectivity index (χ4v) is 2.15. The molecule has 1 atom stereocenters. The number of hydrogen-bond acceptors (Lipinski definition) is 4. The van der Waals surface area contributed by atoms with Gasteiger partial charge in [0.25, 0.3) is 0 Å². The minimum Gasteiger partial charge on any atom is -0.481 e. The Morgan fingerprint density at radius 3 is 2.65 bits per heavy atom. The number of halogens is 1. The standard InChI is InChI=1S/C16H15ClN2O4/c17-14-8-12(6-7-18-14)13(9-15(20)21)19-16(22)23-10-11-4-2-1-3-5-11/h1-8,13H,9-10H2,(H,19,22)(H,20,21)/t13-/m0/s1. The van der Waals surface area contributed by atoms with Crippen molar-refractivity contribution in [2.45, 2.75) is 19.1 Å². The van der Waals surface area contributed by atoms with Crippen molar-refractivity contribution in [3.05, 3.63) is 64.9 Å². The van der Waals surface area contributed by atoms with Crippen LogP contribution in [0.5, 0.6) is 0 Å². The number of ether oxygens (including phenoxy) is 1. The van der Waals surface area contributed by atoms with Gasteiger partial charge in [0.15, 0.2) is 0 Å². The number of alkyl carbamates (subject to hydrolysis) is 1. The molecule has 0 aliphatic rings. The Kier molecular flexibility index (Phi) is 5.94. The van der Waals surface area contributed by atoms with Crippen molar-refractivity contribution in [3.63, 3.8) is 0 Å². The molecule has 0 saturated carbocycles. The third-order valence-corrected chi connectivity index (χ3v) is 3.24. The van der Waals surface area contributed by atoms with Crippen molar-refractivity contribution in [3.8, 4) is 0 Å². The highest BCUT2D eigenvalue weighted by molar-refractivity contribution is 6.29. The molecule has 0 radical (unpaired) electrons. The number of carbonyl (C=O) groups is 2. The van der Waals surface area contributed by atoms with Gasteiger partial charge in [-0.15, -0.1) is 0 Å². The summed E-state index contributed by atoms with van der Waals surface area (Å²) >= 11 is 5.80. The summed E-state index contributed by atoms with van der Waals surface area (Å²) < 4.78 is 5.10. The quantitative estimate of drug-likeness (QED) is 0.792. The minimum absolute atomic E-state index is 0.101. The fourth-order valence-electron chi connectivity index (χ4n) is 1.97. The molecule has 1 aromatic carbocycles. The molecule has 23 heavy (non-hydrogen) atoms. The van der Waals surface area contributed by atoms with E-state index in [1.807, 2.05) is 30.3 Å². The highest BCUT2D eigenvalue weighted by Gasteiger charge is 2.19. The van der Waals surface area contributed by atoms with Gasteiger partial charge in [0.1, 0.15) is 11.8 Å². The average molecular weight is 335 g/mol. The van der Waals surface area contributed by atoms with Crippen LogP contribution in [0.4, 0.5) is 4.79 Å². The zero-order chi connectivity index (χ0) is 16.7. The number of pyridine rings is 1. The molecule has 1 amide bonds. The van der Waals surface area contributed by atoms with Crippen LogP contribution in [-0.4, -0.2) is 22.2 Å². The van der Waals surface area contributed by atoms with Gasteiger partial charge in [-0.2, -0.15) is 0 Å². The van der Waals surface area contributed by atoms with Gasteiger partial charge in [-0.25, -0.2) is 9.78 Å². The summed E-state index contributed by atoms with van der Waals surface area (Å²) in [6.07, 6.45) is 0.456. The molecular weight excluding hydrogens is 320 g/mol. The zero-order valence-corrected chi connectivity index (χ0v) is 12.9. The van der Waals surface area contributed by atoms with Crippen LogP contribution < -0.4 is 5.32 Å². The summed E-state index contributed by atoms with van der Waals surface area (Å²) in [5, 5.41) is 11.7. The van der Waals surface area contributed by atoms with Crippen molar-refractivity contribution in [1.82, 2.24) is 10.3 Å². The molecule has 1 heterocycles. The molecule has 0 unspecified atom stereocenters. The van der Waals surface area contributed by atoms with E-state index in [4.69, 9.17) is 21.4 Å². The van der Waals surface area contributed by atoms with E-state index in [-0.39, 0.29) is 18.2 Å². The van der Waals surface area contributed by atoms with Crippen LogP contribution in [0.15, 0.2) is 48.7 Å². The molecule has 0 aliphatic carbocycles. The molecule has 120 valence electrons. The largest absolute Gasteiger partial charge is 0.481 e. The molecule has 2 rings (SSSR count). The average Bonchev–Trinajstić information content (AvgIpc) is 2.53. The number of aliphatic carboxylic acids is 1. The number of hydrogen-bond donors (Lipinski definition) is 2. The second kappa shape index (κ2) is 8.14. The third-order valence-electron chi connectivity index (χ3n) is 3.04. The minimum atomic E-state index is -1.05. The number of nitrogens with zero attached hydrogens (tertiary/aromatic N) is 1. The monoisotopic (exact) mass is 334 g/mol. The zero-order valence-electron chi connectivity index (χ0n) is 12.1. The van der Waals surface area contributed by atoms with Crippen LogP contribution in [-0.2, 0) is 16.1 Å². The molecule has 0 saturated heterocycles. The van der Waals surface area contributed by atoms with Crippen LogP contribution in [0.2, 0.25) is 5.15 Å². The summed E-state index contributed by atoms with van der Waals surface area (Å²) in [6, 6.07) is 11.5. The normalized spacial score (nSPS) is 11.5. The predicted octanol–water partition coefficient (Wildman–Crippen LogP) is 3.18. The van der Waals surface area contributed by atoms with E-state index in [0.717, 1.165) is 5.56 Å². The van der Waals surface area contributed by atoms with Crippen LogP contribution in [0, 0.1) is 0 Å². The predicted molar refractivity (Wildman–Crippen MR) is 84.0 cm³/mol. The molecule has 1 aromatic heterocycles. The van der Waals surface area contributed by atoms with E-state index in [9.17, 15) is 9.59 Å². The van der Waals surface area contributed by atoms with E-state index in [0.29, 0.717) is 5.56 Å². The van der Waals surface area contributed by atoms with Crippen molar-refractivity contribution in [2.24, 2.45) is 0 Å². The molecule has 2 aromatic rings. The topological polar surface area (TPSA) is 88.5 Å². The Balaban J connectivity index is 1.99. The van der Waals surface area contributed by atoms with Gasteiger partial charge in [-0.1, -0.05) is 41.9 Å². The smallest absolute Gasteiger partial charge is 0.407 e. The van der Waals surface area contributed by atoms with Gasteiger partial charge < -0.3 is 15.2 Å². The summed E-state index contributed by atoms with van der Waals surface area (Å²) in [4.78, 5) is 26.7. The molecule has 0 fully saturated rings. The van der Waals surface area contributed by atoms with Gasteiger partial charge in [-0.05, 0) is 23.3 Å². The Morgan fingerprint density at radius 1 is 1.26 bits per heavy atom. The molecule has 2 N–H and O–H groups in total. The molecule has 7 heteroatoms. The summed E-state index contributed by atoms with van der Waals surface area (Å²) in [5.74, 6) is -1.05. The van der Waals surface area contributed by atoms with Gasteiger partial charge in [0.2, 0.25) is 0 Å². The van der Waals surface area contributed by atoms with Crippen LogP contribution in [0.1, 0.15) is 23.6 Å². The number of rotatable bonds is 6. The fraction of sp³-hybridized carbons (Fsp3) is 0.188. The number of nitrogens with one attached hydrogen (secondary N) is 1. The van der Waals surface area contributed by atoms with Gasteiger partial charge in [-0.3, -0.25) is 4.79 Å². The number of amides is 1. The van der Waals surface area contributed by atoms with Gasteiger partial charge in [0.05, 0.1) is 12.5 Å². The van der Waals surface area contributed by atoms with Gasteiger partial charge >= 0.3 is 12.1 Å². The lowest BCUT2D eigenvalue weighted by atomic mass is 10.1. The Labute approximate surface area is 138 Å². The van der Waals surface area contributed by atoms with Crippen molar-refractivity contribution in [2.75, 3.05) is 0 Å². The maximum atomic E-state index is 11.9. The number of benzene rings is 1. The number of carbonyl (C=O) groups excluding carboxylic acids is 1. The Hall–Kier alpha value is -2.60. The molecular formula is C16H15ClN2O4. The Bertz CT molecular complexity index is 679. The highest BCUT2D eigenvalue weighted by atomic mass is 35.5. The maximum absolute atomic E-state index is 11.9. The van der Waals surface area contributed by atoms with Crippen molar-refractivity contribution in [1.29, 1.82) is 0 Å². The van der Waals surface area contributed by atoms with Crippen molar-refractivity contribution < 1.29 is 19.4 Å². The van der Waals surface area contributed by atoms with Crippen LogP contribution in [0.3, 0.4) is 0 Å². The molecule has 0 bridgehead atoms. The van der Waals surface area contributed by atoms with Gasteiger partial charge in [0, 0.05) is 6.20 Å². The second-order valence-corrected chi connectivity index (χ2v) is 5.16. The molecule has 0 spiro atoms. The second-order valence-electron chi connectivity index (χ2n) is 4.77. The Morgan fingerprint density at radius 2 is 2.00 bits per heavy atom. The third kappa shape index (κ3) is 5.60. The first-order valence-electron chi connectivity index (χ1n) is 6.85. The van der Waals surface area contributed by atoms with Crippen LogP contribution >= 0.6 is 11.6 Å². The number of carboxylic acid groups (broad SMARTS) is 1. The summed E-state index contributed by atoms with van der Waals surface area (Å²) in [6.45, 7) is 0.101. The van der Waals surface area contributed by atoms with E-state index in [1.54, 1.807) is 6.07 Å². The summed E-state index contributed by atoms with van der Waals surface area (Å²) in [7, 11) is 0. The lowest BCUT2D eigenvalue weighted by molar-refractivity contribution is -0.137. The summed E-state index contributed by atoms with van der Waals surface area (Å²) in [5.41, 5.74) is 1.38. The number of aromatic nitrogens is 1. The first kappa shape index (κ1) is 16.8. The van der Waals surface area contributed by atoms with Crippen molar-refractivity contribution >= 4 is 23.7 Å². The first-order valence-corrected chi connectivity index (χ1v) is 7.23. The molecule has 6 nitrogen and oxygen atoms in total. The first-order chi connectivity index (χ1) is 11.0. The SMILES string of the molecule is O=C(O)C[C@H](NC(=O)OCc1ccccc1)c1ccnc(Cl)c1. The lowest BCUT2D eigenvalue weighted by Crippen LogP contribution is -2.30. The lowest BCUT2D eigenvalue weighted by Gasteiger charge is -2.17. The van der Waals surface area contributed by atoms with Crippen LogP contribution in [0.25, 0.3) is 0 Å². The van der Waals surface area contributed by atoms with E-state index in [1.165, 1.54) is 12.3 Å². The number of carboxylic acids is 1. The van der Waals surface area contributed by atoms with E-state index < -0.39 is 18.1 Å². The van der Waals surface area contributed by atoms with E-state index in [2.05, 4.69) is 10.3 Å². The highest BCUT2D eigenvalue weighted by Crippen LogP contribution is 2.19.